The van der Waals surface area contributed by atoms with Crippen LogP contribution in [0.3, 0.4) is 0 Å². The van der Waals surface area contributed by atoms with E-state index in [0.717, 1.165) is 6.07 Å². The molecule has 0 heterocycles. The molecule has 0 aliphatic carbocycles. The minimum atomic E-state index is -2.93. The summed E-state index contributed by atoms with van der Waals surface area (Å²) in [4.78, 5) is 31.7. The van der Waals surface area contributed by atoms with Crippen LogP contribution in [0.1, 0.15) is 31.7 Å². The predicted octanol–water partition coefficient (Wildman–Crippen LogP) is 3.80. The fraction of sp³-hybridized carbons (Fsp3) is 0.462. The molecule has 0 radical (unpaired) electrons. The lowest BCUT2D eigenvalue weighted by atomic mass is 9.96. The molecule has 0 spiro atoms. The smallest absolute Gasteiger partial charge is 0.428 e. The molecule has 1 aromatic rings. The van der Waals surface area contributed by atoms with Crippen molar-refractivity contribution in [2.75, 3.05) is 6.61 Å². The van der Waals surface area contributed by atoms with E-state index in [9.17, 15) is 33.8 Å². The molecule has 0 saturated carbocycles. The first kappa shape index (κ1) is 19.2. The molecule has 0 amide bonds. The van der Waals surface area contributed by atoms with E-state index in [1.165, 1.54) is 0 Å². The maximum atomic E-state index is 12.0. The van der Waals surface area contributed by atoms with Crippen molar-refractivity contribution in [1.29, 1.82) is 0 Å². The zero-order valence-electron chi connectivity index (χ0n) is 12.7. The lowest BCUT2D eigenvalue weighted by molar-refractivity contribution is -0.394. The SMILES string of the molecule is CCC(C)c1cc([N+](=O)[O-])cc([N+](=O)[O-])c1OC(=O)OCC(F)F. The van der Waals surface area contributed by atoms with Gasteiger partial charge in [-0.15, -0.1) is 0 Å². The van der Waals surface area contributed by atoms with Gasteiger partial charge in [0, 0.05) is 11.6 Å². The zero-order valence-corrected chi connectivity index (χ0v) is 12.7. The average molecular weight is 348 g/mol. The van der Waals surface area contributed by atoms with Gasteiger partial charge in [0.1, 0.15) is 0 Å². The number of hydrogen-bond donors (Lipinski definition) is 0. The summed E-state index contributed by atoms with van der Waals surface area (Å²) in [5, 5.41) is 22.1. The second-order valence-corrected chi connectivity index (χ2v) is 4.76. The Morgan fingerprint density at radius 2 is 1.88 bits per heavy atom. The zero-order chi connectivity index (χ0) is 18.4. The summed E-state index contributed by atoms with van der Waals surface area (Å²) in [6.45, 7) is 2.09. The number of halogens is 2. The van der Waals surface area contributed by atoms with E-state index in [2.05, 4.69) is 9.47 Å². The Morgan fingerprint density at radius 1 is 1.25 bits per heavy atom. The Bertz CT molecular complexity index is 651. The van der Waals surface area contributed by atoms with Crippen LogP contribution in [0.5, 0.6) is 5.75 Å². The largest absolute Gasteiger partial charge is 0.514 e. The highest BCUT2D eigenvalue weighted by atomic mass is 19.3. The number of carbonyl (C=O) groups excluding carboxylic acids is 1. The average Bonchev–Trinajstić information content (AvgIpc) is 2.51. The van der Waals surface area contributed by atoms with Crippen LogP contribution in [0.4, 0.5) is 25.0 Å². The number of nitrogens with zero attached hydrogens (tertiary/aromatic N) is 2. The van der Waals surface area contributed by atoms with E-state index in [4.69, 9.17) is 0 Å². The van der Waals surface area contributed by atoms with Crippen LogP contribution in [-0.4, -0.2) is 29.0 Å². The number of carbonyl (C=O) groups is 1. The first-order valence-corrected chi connectivity index (χ1v) is 6.76. The van der Waals surface area contributed by atoms with Crippen LogP contribution in [-0.2, 0) is 4.74 Å². The fourth-order valence-corrected chi connectivity index (χ4v) is 1.80. The van der Waals surface area contributed by atoms with Crippen molar-refractivity contribution in [3.8, 4) is 5.75 Å². The van der Waals surface area contributed by atoms with Gasteiger partial charge in [-0.25, -0.2) is 13.6 Å². The quantitative estimate of drug-likeness (QED) is 0.318. The Balaban J connectivity index is 3.35. The Kier molecular flexibility index (Phi) is 6.50. The molecule has 132 valence electrons. The number of nitro benzene ring substituents is 2. The van der Waals surface area contributed by atoms with E-state index in [0.29, 0.717) is 12.5 Å². The van der Waals surface area contributed by atoms with Gasteiger partial charge in [0.05, 0.1) is 15.9 Å². The van der Waals surface area contributed by atoms with Crippen LogP contribution < -0.4 is 4.74 Å². The molecule has 0 N–H and O–H groups in total. The molecular weight excluding hydrogens is 334 g/mol. The van der Waals surface area contributed by atoms with Crippen molar-refractivity contribution >= 4 is 17.5 Å². The van der Waals surface area contributed by atoms with E-state index in [1.54, 1.807) is 13.8 Å². The summed E-state index contributed by atoms with van der Waals surface area (Å²) < 4.78 is 32.9. The van der Waals surface area contributed by atoms with Crippen LogP contribution in [0, 0.1) is 20.2 Å². The number of non-ortho nitro benzene ring substituents is 1. The molecule has 1 unspecified atom stereocenters. The first-order chi connectivity index (χ1) is 11.2. The van der Waals surface area contributed by atoms with Crippen molar-refractivity contribution < 1.29 is 32.9 Å². The van der Waals surface area contributed by atoms with E-state index in [1.807, 2.05) is 0 Å². The van der Waals surface area contributed by atoms with Crippen molar-refractivity contribution in [2.45, 2.75) is 32.6 Å². The number of ether oxygens (including phenoxy) is 2. The van der Waals surface area contributed by atoms with Crippen LogP contribution in [0.25, 0.3) is 0 Å². The van der Waals surface area contributed by atoms with Crippen LogP contribution >= 0.6 is 0 Å². The van der Waals surface area contributed by atoms with Crippen LogP contribution in [0.15, 0.2) is 12.1 Å². The van der Waals surface area contributed by atoms with Gasteiger partial charge in [-0.1, -0.05) is 13.8 Å². The summed E-state index contributed by atoms with van der Waals surface area (Å²) in [7, 11) is 0. The summed E-state index contributed by atoms with van der Waals surface area (Å²) >= 11 is 0. The van der Waals surface area contributed by atoms with E-state index < -0.39 is 52.1 Å². The summed E-state index contributed by atoms with van der Waals surface area (Å²) in [6, 6.07) is 1.67. The number of alkyl halides is 2. The molecule has 0 bridgehead atoms. The molecule has 0 aliphatic rings. The highest BCUT2D eigenvalue weighted by Crippen LogP contribution is 2.40. The molecule has 9 nitrogen and oxygen atoms in total. The minimum Gasteiger partial charge on any atom is -0.428 e. The fourth-order valence-electron chi connectivity index (χ4n) is 1.80. The highest BCUT2D eigenvalue weighted by Gasteiger charge is 2.29. The maximum Gasteiger partial charge on any atom is 0.514 e. The number of nitro groups is 2. The second kappa shape index (κ2) is 8.13. The van der Waals surface area contributed by atoms with E-state index in [-0.39, 0.29) is 5.56 Å². The molecule has 1 rings (SSSR count). The van der Waals surface area contributed by atoms with Gasteiger partial charge in [-0.05, 0) is 12.3 Å². The third-order valence-electron chi connectivity index (χ3n) is 3.15. The Morgan fingerprint density at radius 3 is 2.33 bits per heavy atom. The number of benzene rings is 1. The minimum absolute atomic E-state index is 0.0346. The number of rotatable bonds is 7. The molecule has 0 saturated heterocycles. The molecule has 0 fully saturated rings. The standard InChI is InChI=1S/C13H14F2N2O7/c1-3-7(2)9-4-8(16(19)20)5-10(17(21)22)12(9)24-13(18)23-6-11(14)15/h4-5,7,11H,3,6H2,1-2H3. The molecule has 24 heavy (non-hydrogen) atoms. The summed E-state index contributed by atoms with van der Waals surface area (Å²) in [5.41, 5.74) is -1.34. The summed E-state index contributed by atoms with van der Waals surface area (Å²) in [5.74, 6) is -0.985. The van der Waals surface area contributed by atoms with Gasteiger partial charge in [0.15, 0.2) is 6.61 Å². The molecule has 0 aromatic heterocycles. The van der Waals surface area contributed by atoms with Crippen molar-refractivity contribution in [2.24, 2.45) is 0 Å². The third-order valence-corrected chi connectivity index (χ3v) is 3.15. The van der Waals surface area contributed by atoms with Crippen LogP contribution in [0.2, 0.25) is 0 Å². The van der Waals surface area contributed by atoms with Gasteiger partial charge in [-0.3, -0.25) is 20.2 Å². The Hall–Kier alpha value is -2.85. The van der Waals surface area contributed by atoms with Crippen molar-refractivity contribution in [3.63, 3.8) is 0 Å². The topological polar surface area (TPSA) is 122 Å². The third kappa shape index (κ3) is 4.83. The molecule has 1 aromatic carbocycles. The molecule has 11 heteroatoms. The van der Waals surface area contributed by atoms with Crippen molar-refractivity contribution in [3.05, 3.63) is 37.9 Å². The van der Waals surface area contributed by atoms with Gasteiger partial charge in [-0.2, -0.15) is 0 Å². The lowest BCUT2D eigenvalue weighted by Crippen LogP contribution is -2.17. The first-order valence-electron chi connectivity index (χ1n) is 6.76. The van der Waals surface area contributed by atoms with Gasteiger partial charge < -0.3 is 9.47 Å². The van der Waals surface area contributed by atoms with Gasteiger partial charge in [0.2, 0.25) is 5.75 Å². The number of hydrogen-bond acceptors (Lipinski definition) is 7. The maximum absolute atomic E-state index is 12.0. The Labute approximate surface area is 134 Å². The van der Waals surface area contributed by atoms with Gasteiger partial charge in [0.25, 0.3) is 12.1 Å². The predicted molar refractivity (Wildman–Crippen MR) is 76.4 cm³/mol. The highest BCUT2D eigenvalue weighted by molar-refractivity contribution is 5.70. The summed E-state index contributed by atoms with van der Waals surface area (Å²) in [6.07, 6.45) is -4.06. The molecular formula is C13H14F2N2O7. The second-order valence-electron chi connectivity index (χ2n) is 4.76. The molecule has 1 atom stereocenters. The monoisotopic (exact) mass is 348 g/mol. The van der Waals surface area contributed by atoms with E-state index >= 15 is 0 Å². The molecule has 0 aliphatic heterocycles. The normalized spacial score (nSPS) is 11.9. The van der Waals surface area contributed by atoms with Gasteiger partial charge >= 0.3 is 11.8 Å². The lowest BCUT2D eigenvalue weighted by Gasteiger charge is -2.14. The van der Waals surface area contributed by atoms with Crippen molar-refractivity contribution in [1.82, 2.24) is 0 Å².